The van der Waals surface area contributed by atoms with Gasteiger partial charge in [0.1, 0.15) is 5.82 Å². The van der Waals surface area contributed by atoms with Crippen LogP contribution in [0.3, 0.4) is 0 Å². The van der Waals surface area contributed by atoms with E-state index in [-0.39, 0.29) is 36.2 Å². The SMILES string of the molecule is C=CC(=O)N1C/C(=C\c2ccc(F)c(C)c2)C(=O)/C(=C/c2ccc(F)c(F)c2)C1. The van der Waals surface area contributed by atoms with Gasteiger partial charge in [-0.3, -0.25) is 9.59 Å². The number of carbonyl (C=O) groups is 2. The van der Waals surface area contributed by atoms with E-state index in [1.54, 1.807) is 19.1 Å². The monoisotopic (exact) mass is 397 g/mol. The number of piperidine rings is 1. The molecule has 1 fully saturated rings. The van der Waals surface area contributed by atoms with Crippen molar-refractivity contribution >= 4 is 23.8 Å². The Kier molecular flexibility index (Phi) is 5.82. The summed E-state index contributed by atoms with van der Waals surface area (Å²) in [5.74, 6) is -3.05. The molecule has 0 radical (unpaired) electrons. The lowest BCUT2D eigenvalue weighted by Gasteiger charge is -2.29. The Morgan fingerprint density at radius 2 is 1.48 bits per heavy atom. The average Bonchev–Trinajstić information content (AvgIpc) is 2.69. The maximum Gasteiger partial charge on any atom is 0.246 e. The van der Waals surface area contributed by atoms with Crippen LogP contribution in [-0.2, 0) is 9.59 Å². The van der Waals surface area contributed by atoms with Crippen molar-refractivity contribution in [2.75, 3.05) is 13.1 Å². The van der Waals surface area contributed by atoms with Crippen LogP contribution in [-0.4, -0.2) is 29.7 Å². The van der Waals surface area contributed by atoms with Crippen molar-refractivity contribution in [1.82, 2.24) is 4.90 Å². The van der Waals surface area contributed by atoms with Crippen LogP contribution in [0, 0.1) is 24.4 Å². The van der Waals surface area contributed by atoms with Crippen molar-refractivity contribution in [3.05, 3.63) is 94.3 Å². The standard InChI is InChI=1S/C23H18F3NO2/c1-3-22(28)27-12-17(9-15-4-6-19(24)14(2)8-15)23(29)18(13-27)10-16-5-7-20(25)21(26)11-16/h3-11H,1,12-13H2,2H3/b17-9+,18-10+. The minimum absolute atomic E-state index is 0.0163. The molecule has 0 spiro atoms. The number of nitrogens with zero attached hydrogens (tertiary/aromatic N) is 1. The third kappa shape index (κ3) is 4.54. The fraction of sp³-hybridized carbons (Fsp3) is 0.130. The molecule has 0 N–H and O–H groups in total. The van der Waals surface area contributed by atoms with Gasteiger partial charge in [0.05, 0.1) is 13.1 Å². The number of benzene rings is 2. The number of amides is 1. The maximum absolute atomic E-state index is 13.5. The van der Waals surface area contributed by atoms with E-state index in [0.717, 1.165) is 18.2 Å². The largest absolute Gasteiger partial charge is 0.330 e. The van der Waals surface area contributed by atoms with Gasteiger partial charge in [0.25, 0.3) is 0 Å². The van der Waals surface area contributed by atoms with Crippen LogP contribution in [0.25, 0.3) is 12.2 Å². The second-order valence-electron chi connectivity index (χ2n) is 6.75. The minimum atomic E-state index is -1.03. The molecule has 1 amide bonds. The van der Waals surface area contributed by atoms with Crippen LogP contribution in [0.5, 0.6) is 0 Å². The second-order valence-corrected chi connectivity index (χ2v) is 6.75. The molecule has 0 aliphatic carbocycles. The van der Waals surface area contributed by atoms with Crippen molar-refractivity contribution in [1.29, 1.82) is 0 Å². The van der Waals surface area contributed by atoms with Crippen LogP contribution in [0.1, 0.15) is 16.7 Å². The zero-order chi connectivity index (χ0) is 21.1. The summed E-state index contributed by atoms with van der Waals surface area (Å²) >= 11 is 0. The molecule has 0 bridgehead atoms. The van der Waals surface area contributed by atoms with E-state index in [0.29, 0.717) is 22.3 Å². The predicted octanol–water partition coefficient (Wildman–Crippen LogP) is 4.48. The molecule has 0 aromatic heterocycles. The van der Waals surface area contributed by atoms with Gasteiger partial charge in [-0.15, -0.1) is 0 Å². The Hall–Kier alpha value is -3.41. The molecule has 0 atom stereocenters. The Bertz CT molecular complexity index is 996. The highest BCUT2D eigenvalue weighted by molar-refractivity contribution is 6.15. The van der Waals surface area contributed by atoms with Crippen molar-refractivity contribution in [2.24, 2.45) is 0 Å². The lowest BCUT2D eigenvalue weighted by Crippen LogP contribution is -2.40. The van der Waals surface area contributed by atoms with Crippen molar-refractivity contribution in [2.45, 2.75) is 6.92 Å². The lowest BCUT2D eigenvalue weighted by atomic mass is 9.94. The van der Waals surface area contributed by atoms with Crippen molar-refractivity contribution in [3.63, 3.8) is 0 Å². The van der Waals surface area contributed by atoms with E-state index in [1.165, 1.54) is 29.2 Å². The van der Waals surface area contributed by atoms with E-state index < -0.39 is 11.6 Å². The van der Waals surface area contributed by atoms with Gasteiger partial charge >= 0.3 is 0 Å². The quantitative estimate of drug-likeness (QED) is 0.717. The Morgan fingerprint density at radius 3 is 2.00 bits per heavy atom. The smallest absolute Gasteiger partial charge is 0.246 e. The normalized spacial score (nSPS) is 17.1. The molecular weight excluding hydrogens is 379 g/mol. The fourth-order valence-corrected chi connectivity index (χ4v) is 3.09. The van der Waals surface area contributed by atoms with E-state index in [4.69, 9.17) is 0 Å². The van der Waals surface area contributed by atoms with E-state index in [2.05, 4.69) is 6.58 Å². The van der Waals surface area contributed by atoms with Crippen molar-refractivity contribution in [3.8, 4) is 0 Å². The van der Waals surface area contributed by atoms with Gasteiger partial charge in [-0.2, -0.15) is 0 Å². The topological polar surface area (TPSA) is 37.4 Å². The van der Waals surface area contributed by atoms with Crippen LogP contribution in [0.4, 0.5) is 13.2 Å². The van der Waals surface area contributed by atoms with Crippen LogP contribution in [0.2, 0.25) is 0 Å². The molecule has 1 heterocycles. The molecule has 6 heteroatoms. The number of hydrogen-bond acceptors (Lipinski definition) is 2. The molecule has 148 valence electrons. The number of rotatable bonds is 3. The molecule has 3 nitrogen and oxygen atoms in total. The molecule has 29 heavy (non-hydrogen) atoms. The predicted molar refractivity (Wildman–Crippen MR) is 105 cm³/mol. The number of Topliss-reactive ketones (excluding diaryl/α,β-unsaturated/α-hetero) is 1. The summed E-state index contributed by atoms with van der Waals surface area (Å²) in [5, 5.41) is 0. The lowest BCUT2D eigenvalue weighted by molar-refractivity contribution is -0.126. The molecule has 0 unspecified atom stereocenters. The third-order valence-corrected chi connectivity index (χ3v) is 4.60. The van der Waals surface area contributed by atoms with Gasteiger partial charge < -0.3 is 4.90 Å². The summed E-state index contributed by atoms with van der Waals surface area (Å²) in [5.41, 5.74) is 1.93. The first-order chi connectivity index (χ1) is 13.8. The van der Waals surface area contributed by atoms with Crippen LogP contribution in [0.15, 0.2) is 60.2 Å². The number of halogens is 3. The highest BCUT2D eigenvalue weighted by Crippen LogP contribution is 2.23. The molecule has 2 aromatic rings. The van der Waals surface area contributed by atoms with Gasteiger partial charge in [0.15, 0.2) is 17.4 Å². The third-order valence-electron chi connectivity index (χ3n) is 4.60. The second kappa shape index (κ2) is 8.31. The summed E-state index contributed by atoms with van der Waals surface area (Å²) in [6.45, 7) is 5.16. The molecule has 1 aliphatic rings. The van der Waals surface area contributed by atoms with Crippen LogP contribution < -0.4 is 0 Å². The van der Waals surface area contributed by atoms with E-state index in [1.807, 2.05) is 0 Å². The van der Waals surface area contributed by atoms with E-state index in [9.17, 15) is 22.8 Å². The highest BCUT2D eigenvalue weighted by Gasteiger charge is 2.28. The highest BCUT2D eigenvalue weighted by atomic mass is 19.2. The summed E-state index contributed by atoms with van der Waals surface area (Å²) in [6.07, 6.45) is 4.16. The Balaban J connectivity index is 2.03. The Labute approximate surface area is 166 Å². The zero-order valence-electron chi connectivity index (χ0n) is 15.7. The number of aryl methyl sites for hydroxylation is 1. The molecule has 1 saturated heterocycles. The number of likely N-dealkylation sites (tertiary alicyclic amines) is 1. The van der Waals surface area contributed by atoms with Gasteiger partial charge in [0.2, 0.25) is 5.91 Å². The zero-order valence-corrected chi connectivity index (χ0v) is 15.7. The Morgan fingerprint density at radius 1 is 0.931 bits per heavy atom. The summed E-state index contributed by atoms with van der Waals surface area (Å²) in [7, 11) is 0. The summed E-state index contributed by atoms with van der Waals surface area (Å²) in [6, 6.07) is 7.74. The first-order valence-corrected chi connectivity index (χ1v) is 8.87. The van der Waals surface area contributed by atoms with Gasteiger partial charge in [-0.1, -0.05) is 18.7 Å². The van der Waals surface area contributed by atoms with Gasteiger partial charge in [0, 0.05) is 11.1 Å². The van der Waals surface area contributed by atoms with Gasteiger partial charge in [-0.05, 0) is 66.1 Å². The molecule has 3 rings (SSSR count). The first-order valence-electron chi connectivity index (χ1n) is 8.87. The summed E-state index contributed by atoms with van der Waals surface area (Å²) in [4.78, 5) is 26.5. The van der Waals surface area contributed by atoms with Gasteiger partial charge in [-0.25, -0.2) is 13.2 Å². The van der Waals surface area contributed by atoms with Crippen LogP contribution >= 0.6 is 0 Å². The molecular formula is C23H18F3NO2. The molecule has 0 saturated carbocycles. The van der Waals surface area contributed by atoms with E-state index >= 15 is 0 Å². The van der Waals surface area contributed by atoms with Crippen molar-refractivity contribution < 1.29 is 22.8 Å². The fourth-order valence-electron chi connectivity index (χ4n) is 3.09. The molecule has 2 aromatic carbocycles. The minimum Gasteiger partial charge on any atom is -0.330 e. The number of hydrogen-bond donors (Lipinski definition) is 0. The molecule has 1 aliphatic heterocycles. The maximum atomic E-state index is 13.5. The first kappa shape index (κ1) is 20.3. The average molecular weight is 397 g/mol. The number of ketones is 1. The summed E-state index contributed by atoms with van der Waals surface area (Å²) < 4.78 is 40.2. The number of carbonyl (C=O) groups excluding carboxylic acids is 2.